The van der Waals surface area contributed by atoms with Crippen molar-refractivity contribution >= 4 is 5.91 Å². The van der Waals surface area contributed by atoms with Gasteiger partial charge in [-0.3, -0.25) is 4.79 Å². The smallest absolute Gasteiger partial charge is 0.291 e. The molecule has 1 rings (SSSR count). The SMILES string of the molecule is Cc1ncoc1C(=O)N(C)CCC(C)O. The quantitative estimate of drug-likeness (QED) is 0.802. The van der Waals surface area contributed by atoms with Gasteiger partial charge in [-0.2, -0.15) is 0 Å². The van der Waals surface area contributed by atoms with Gasteiger partial charge in [0.2, 0.25) is 5.76 Å². The first kappa shape index (κ1) is 11.7. The van der Waals surface area contributed by atoms with E-state index in [9.17, 15) is 4.79 Å². The Hall–Kier alpha value is -1.36. The maximum atomic E-state index is 11.7. The molecule has 0 spiro atoms. The standard InChI is InChI=1S/C10H16N2O3/c1-7(13)4-5-12(3)10(14)9-8(2)11-6-15-9/h6-7,13H,4-5H2,1-3H3. The zero-order valence-corrected chi connectivity index (χ0v) is 9.23. The number of nitrogens with zero attached hydrogens (tertiary/aromatic N) is 2. The first-order chi connectivity index (χ1) is 7.02. The van der Waals surface area contributed by atoms with Crippen molar-refractivity contribution in [3.05, 3.63) is 17.8 Å². The molecule has 0 bridgehead atoms. The molecule has 0 saturated carbocycles. The Balaban J connectivity index is 2.57. The van der Waals surface area contributed by atoms with Crippen LogP contribution in [-0.2, 0) is 0 Å². The first-order valence-corrected chi connectivity index (χ1v) is 4.86. The highest BCUT2D eigenvalue weighted by Crippen LogP contribution is 2.08. The van der Waals surface area contributed by atoms with E-state index in [4.69, 9.17) is 9.52 Å². The molecule has 0 aliphatic heterocycles. The van der Waals surface area contributed by atoms with Crippen LogP contribution >= 0.6 is 0 Å². The average Bonchev–Trinajstić information content (AvgIpc) is 2.59. The van der Waals surface area contributed by atoms with E-state index in [1.54, 1.807) is 20.9 Å². The summed E-state index contributed by atoms with van der Waals surface area (Å²) in [5.74, 6) is 0.0637. The Bertz CT molecular complexity index is 333. The second-order valence-corrected chi connectivity index (χ2v) is 3.63. The summed E-state index contributed by atoms with van der Waals surface area (Å²) in [6.45, 7) is 3.91. The van der Waals surface area contributed by atoms with E-state index in [2.05, 4.69) is 4.98 Å². The third-order valence-corrected chi connectivity index (χ3v) is 2.17. The van der Waals surface area contributed by atoms with Crippen LogP contribution in [0.3, 0.4) is 0 Å². The van der Waals surface area contributed by atoms with Crippen LogP contribution < -0.4 is 0 Å². The van der Waals surface area contributed by atoms with Crippen molar-refractivity contribution in [1.82, 2.24) is 9.88 Å². The number of carbonyl (C=O) groups excluding carboxylic acids is 1. The van der Waals surface area contributed by atoms with Gasteiger partial charge in [0.1, 0.15) is 0 Å². The monoisotopic (exact) mass is 212 g/mol. The molecule has 1 amide bonds. The normalized spacial score (nSPS) is 12.5. The lowest BCUT2D eigenvalue weighted by Crippen LogP contribution is -2.29. The van der Waals surface area contributed by atoms with Crippen molar-refractivity contribution in [2.75, 3.05) is 13.6 Å². The fourth-order valence-corrected chi connectivity index (χ4v) is 1.16. The summed E-state index contributed by atoms with van der Waals surface area (Å²) in [5, 5.41) is 9.09. The van der Waals surface area contributed by atoms with E-state index in [0.29, 0.717) is 18.7 Å². The number of oxazole rings is 1. The van der Waals surface area contributed by atoms with Crippen LogP contribution in [0.2, 0.25) is 0 Å². The first-order valence-electron chi connectivity index (χ1n) is 4.86. The molecule has 0 saturated heterocycles. The van der Waals surface area contributed by atoms with Gasteiger partial charge < -0.3 is 14.4 Å². The molecular weight excluding hydrogens is 196 g/mol. The molecule has 5 nitrogen and oxygen atoms in total. The summed E-state index contributed by atoms with van der Waals surface area (Å²) in [4.78, 5) is 17.1. The summed E-state index contributed by atoms with van der Waals surface area (Å²) in [6, 6.07) is 0. The predicted molar refractivity (Wildman–Crippen MR) is 54.5 cm³/mol. The minimum Gasteiger partial charge on any atom is -0.438 e. The molecule has 0 aromatic carbocycles. The van der Waals surface area contributed by atoms with Crippen molar-refractivity contribution in [2.45, 2.75) is 26.4 Å². The summed E-state index contributed by atoms with van der Waals surface area (Å²) in [7, 11) is 1.67. The Morgan fingerprint density at radius 2 is 2.40 bits per heavy atom. The molecule has 0 fully saturated rings. The zero-order chi connectivity index (χ0) is 11.4. The largest absolute Gasteiger partial charge is 0.438 e. The summed E-state index contributed by atoms with van der Waals surface area (Å²) in [6.07, 6.45) is 1.40. The number of hydrogen-bond donors (Lipinski definition) is 1. The number of aromatic nitrogens is 1. The van der Waals surface area contributed by atoms with Crippen molar-refractivity contribution in [2.24, 2.45) is 0 Å². The highest BCUT2D eigenvalue weighted by Gasteiger charge is 2.18. The maximum Gasteiger partial charge on any atom is 0.291 e. The summed E-state index contributed by atoms with van der Waals surface area (Å²) in [5.41, 5.74) is 0.587. The lowest BCUT2D eigenvalue weighted by molar-refractivity contribution is 0.0737. The minimum absolute atomic E-state index is 0.203. The molecule has 5 heteroatoms. The molecular formula is C10H16N2O3. The molecule has 15 heavy (non-hydrogen) atoms. The lowest BCUT2D eigenvalue weighted by atomic mass is 10.2. The average molecular weight is 212 g/mol. The Morgan fingerprint density at radius 3 is 2.87 bits per heavy atom. The van der Waals surface area contributed by atoms with E-state index in [1.165, 1.54) is 11.3 Å². The fourth-order valence-electron chi connectivity index (χ4n) is 1.16. The highest BCUT2D eigenvalue weighted by atomic mass is 16.3. The molecule has 0 aliphatic carbocycles. The Morgan fingerprint density at radius 1 is 1.73 bits per heavy atom. The maximum absolute atomic E-state index is 11.7. The molecule has 0 radical (unpaired) electrons. The minimum atomic E-state index is -0.406. The number of hydrogen-bond acceptors (Lipinski definition) is 4. The zero-order valence-electron chi connectivity index (χ0n) is 9.23. The van der Waals surface area contributed by atoms with Gasteiger partial charge in [0.05, 0.1) is 11.8 Å². The van der Waals surface area contributed by atoms with E-state index in [1.807, 2.05) is 0 Å². The van der Waals surface area contributed by atoms with Gasteiger partial charge in [-0.25, -0.2) is 4.98 Å². The van der Waals surface area contributed by atoms with Gasteiger partial charge in [-0.15, -0.1) is 0 Å². The van der Waals surface area contributed by atoms with Gasteiger partial charge in [-0.05, 0) is 20.3 Å². The Kier molecular flexibility index (Phi) is 3.85. The predicted octanol–water partition coefficient (Wildman–Crippen LogP) is 0.826. The summed E-state index contributed by atoms with van der Waals surface area (Å²) < 4.78 is 4.99. The van der Waals surface area contributed by atoms with Crippen LogP contribution in [0.4, 0.5) is 0 Å². The molecule has 84 valence electrons. The molecule has 1 atom stereocenters. The van der Waals surface area contributed by atoms with Crippen LogP contribution in [0.25, 0.3) is 0 Å². The van der Waals surface area contributed by atoms with Crippen molar-refractivity contribution < 1.29 is 14.3 Å². The van der Waals surface area contributed by atoms with Gasteiger partial charge in [0, 0.05) is 13.6 Å². The summed E-state index contributed by atoms with van der Waals surface area (Å²) >= 11 is 0. The molecule has 1 aromatic heterocycles. The van der Waals surface area contributed by atoms with Crippen LogP contribution in [0.15, 0.2) is 10.8 Å². The molecule has 1 heterocycles. The number of aryl methyl sites for hydroxylation is 1. The highest BCUT2D eigenvalue weighted by molar-refractivity contribution is 5.92. The third kappa shape index (κ3) is 3.06. The van der Waals surface area contributed by atoms with Crippen LogP contribution in [0, 0.1) is 6.92 Å². The van der Waals surface area contributed by atoms with Gasteiger partial charge in [0.25, 0.3) is 5.91 Å². The fraction of sp³-hybridized carbons (Fsp3) is 0.600. The van der Waals surface area contributed by atoms with Crippen LogP contribution in [-0.4, -0.2) is 40.6 Å². The van der Waals surface area contributed by atoms with E-state index < -0.39 is 6.10 Å². The number of rotatable bonds is 4. The Labute approximate surface area is 88.7 Å². The van der Waals surface area contributed by atoms with Crippen LogP contribution in [0.1, 0.15) is 29.6 Å². The number of amides is 1. The van der Waals surface area contributed by atoms with E-state index in [-0.39, 0.29) is 11.7 Å². The molecule has 0 aliphatic rings. The number of aliphatic hydroxyl groups is 1. The third-order valence-electron chi connectivity index (χ3n) is 2.17. The van der Waals surface area contributed by atoms with Gasteiger partial charge >= 0.3 is 0 Å². The van der Waals surface area contributed by atoms with Crippen LogP contribution in [0.5, 0.6) is 0 Å². The molecule has 1 unspecified atom stereocenters. The van der Waals surface area contributed by atoms with Crippen molar-refractivity contribution in [1.29, 1.82) is 0 Å². The van der Waals surface area contributed by atoms with Gasteiger partial charge in [-0.1, -0.05) is 0 Å². The van der Waals surface area contributed by atoms with E-state index in [0.717, 1.165) is 0 Å². The van der Waals surface area contributed by atoms with E-state index >= 15 is 0 Å². The second kappa shape index (κ2) is 4.93. The number of carbonyl (C=O) groups is 1. The molecule has 1 N–H and O–H groups in total. The molecule has 1 aromatic rings. The van der Waals surface area contributed by atoms with Crippen molar-refractivity contribution in [3.8, 4) is 0 Å². The van der Waals surface area contributed by atoms with Crippen molar-refractivity contribution in [3.63, 3.8) is 0 Å². The van der Waals surface area contributed by atoms with Gasteiger partial charge in [0.15, 0.2) is 6.39 Å². The number of aliphatic hydroxyl groups excluding tert-OH is 1. The second-order valence-electron chi connectivity index (χ2n) is 3.63. The lowest BCUT2D eigenvalue weighted by Gasteiger charge is -2.16. The topological polar surface area (TPSA) is 66.6 Å².